The van der Waals surface area contributed by atoms with E-state index < -0.39 is 0 Å². The number of hydrogen-bond donors (Lipinski definition) is 0. The second-order valence-corrected chi connectivity index (χ2v) is 6.60. The van der Waals surface area contributed by atoms with Gasteiger partial charge in [-0.25, -0.2) is 0 Å². The second-order valence-electron chi connectivity index (χ2n) is 6.60. The third-order valence-electron chi connectivity index (χ3n) is 5.42. The molecule has 0 amide bonds. The molecule has 0 radical (unpaired) electrons. The first-order valence-electron chi connectivity index (χ1n) is 7.81. The highest BCUT2D eigenvalue weighted by atomic mass is 14.4. The first kappa shape index (κ1) is 14.1. The van der Waals surface area contributed by atoms with E-state index >= 15 is 0 Å². The average Bonchev–Trinajstić information content (AvgIpc) is 2.47. The van der Waals surface area contributed by atoms with Gasteiger partial charge >= 0.3 is 0 Å². The molecule has 2 aliphatic carbocycles. The molecule has 3 rings (SSSR count). The Morgan fingerprint density at radius 2 is 1.71 bits per heavy atom. The minimum Gasteiger partial charge on any atom is -0.0993 e. The van der Waals surface area contributed by atoms with Gasteiger partial charge in [0, 0.05) is 5.92 Å². The fourth-order valence-corrected chi connectivity index (χ4v) is 3.99. The Labute approximate surface area is 128 Å². The van der Waals surface area contributed by atoms with Crippen molar-refractivity contribution in [3.05, 3.63) is 78.4 Å². The third kappa shape index (κ3) is 2.23. The molecule has 0 nitrogen and oxygen atoms in total. The summed E-state index contributed by atoms with van der Waals surface area (Å²) in [6.45, 7) is 19.6. The van der Waals surface area contributed by atoms with Crippen molar-refractivity contribution in [2.75, 3.05) is 0 Å². The molecule has 0 heterocycles. The first-order valence-corrected chi connectivity index (χ1v) is 7.81. The Morgan fingerprint density at radius 3 is 2.48 bits per heavy atom. The van der Waals surface area contributed by atoms with Crippen LogP contribution in [0.2, 0.25) is 0 Å². The van der Waals surface area contributed by atoms with Gasteiger partial charge in [0.05, 0.1) is 0 Å². The maximum absolute atomic E-state index is 4.42. The smallest absolute Gasteiger partial charge is 0.0115 e. The van der Waals surface area contributed by atoms with Gasteiger partial charge in [-0.3, -0.25) is 0 Å². The molecule has 0 spiro atoms. The van der Waals surface area contributed by atoms with E-state index in [9.17, 15) is 0 Å². The summed E-state index contributed by atoms with van der Waals surface area (Å²) >= 11 is 0. The van der Waals surface area contributed by atoms with Crippen molar-refractivity contribution < 1.29 is 0 Å². The summed E-state index contributed by atoms with van der Waals surface area (Å²) in [4.78, 5) is 0. The molecule has 3 unspecified atom stereocenters. The van der Waals surface area contributed by atoms with E-state index in [-0.39, 0.29) is 0 Å². The highest BCUT2D eigenvalue weighted by Gasteiger charge is 2.36. The van der Waals surface area contributed by atoms with Crippen molar-refractivity contribution in [1.82, 2.24) is 0 Å². The van der Waals surface area contributed by atoms with Crippen LogP contribution in [0.1, 0.15) is 30.9 Å². The minimum atomic E-state index is 0.350. The van der Waals surface area contributed by atoms with Crippen LogP contribution in [0.25, 0.3) is 5.57 Å². The van der Waals surface area contributed by atoms with Crippen LogP contribution in [-0.4, -0.2) is 0 Å². The number of hydrogen-bond acceptors (Lipinski definition) is 0. The molecule has 1 aromatic carbocycles. The van der Waals surface area contributed by atoms with Gasteiger partial charge in [-0.1, -0.05) is 74.2 Å². The summed E-state index contributed by atoms with van der Waals surface area (Å²) in [5, 5.41) is 0. The zero-order valence-corrected chi connectivity index (χ0v) is 13.0. The van der Waals surface area contributed by atoms with Gasteiger partial charge < -0.3 is 0 Å². The monoisotopic (exact) mass is 276 g/mol. The predicted molar refractivity (Wildman–Crippen MR) is 92.0 cm³/mol. The normalized spacial score (nSPS) is 29.5. The summed E-state index contributed by atoms with van der Waals surface area (Å²) < 4.78 is 0. The molecule has 1 saturated carbocycles. The Kier molecular flexibility index (Phi) is 3.49. The minimum absolute atomic E-state index is 0.350. The molecule has 0 aromatic heterocycles. The van der Waals surface area contributed by atoms with Gasteiger partial charge in [0.1, 0.15) is 0 Å². The van der Waals surface area contributed by atoms with Gasteiger partial charge in [-0.05, 0) is 47.8 Å². The molecule has 2 aliphatic rings. The maximum Gasteiger partial charge on any atom is 0.0115 e. The largest absolute Gasteiger partial charge is 0.0993 e. The van der Waals surface area contributed by atoms with Crippen LogP contribution in [0.3, 0.4) is 0 Å². The molecule has 1 fully saturated rings. The molecular weight excluding hydrogens is 252 g/mol. The molecule has 0 bridgehead atoms. The molecule has 0 heteroatoms. The summed E-state index contributed by atoms with van der Waals surface area (Å²) in [6, 6.07) is 8.60. The summed E-state index contributed by atoms with van der Waals surface area (Å²) in [6.07, 6.45) is 3.20. The molecule has 1 aromatic rings. The van der Waals surface area contributed by atoms with E-state index in [1.165, 1.54) is 33.4 Å². The van der Waals surface area contributed by atoms with Crippen LogP contribution in [0.4, 0.5) is 0 Å². The SMILES string of the molecule is C=C1CCC(C2C(=C)Cc3ccccc3C2=C)C(=C)C1C. The van der Waals surface area contributed by atoms with Crippen LogP contribution in [-0.2, 0) is 6.42 Å². The van der Waals surface area contributed by atoms with Crippen molar-refractivity contribution >= 4 is 5.57 Å². The number of rotatable bonds is 1. The Hall–Kier alpha value is -1.82. The summed E-state index contributed by atoms with van der Waals surface area (Å²) in [5.74, 6) is 1.24. The standard InChI is InChI=1S/C21H24/c1-13-10-11-20(16(4)15(13)3)21-14(2)12-18-8-6-7-9-19(18)17(21)5/h6-9,15,20-21H,1-2,4-5,10-12H2,3H3. The third-order valence-corrected chi connectivity index (χ3v) is 5.42. The Balaban J connectivity index is 1.96. The zero-order valence-electron chi connectivity index (χ0n) is 13.0. The lowest BCUT2D eigenvalue weighted by Gasteiger charge is -2.41. The average molecular weight is 276 g/mol. The van der Waals surface area contributed by atoms with Crippen LogP contribution in [0, 0.1) is 17.8 Å². The second kappa shape index (κ2) is 5.18. The van der Waals surface area contributed by atoms with Crippen molar-refractivity contribution in [2.45, 2.75) is 26.2 Å². The molecule has 108 valence electrons. The van der Waals surface area contributed by atoms with E-state index in [0.717, 1.165) is 19.3 Å². The van der Waals surface area contributed by atoms with Gasteiger partial charge in [0.2, 0.25) is 0 Å². The lowest BCUT2D eigenvalue weighted by atomic mass is 9.63. The van der Waals surface area contributed by atoms with Crippen LogP contribution in [0.5, 0.6) is 0 Å². The Morgan fingerprint density at radius 1 is 1.00 bits per heavy atom. The van der Waals surface area contributed by atoms with Crippen molar-refractivity contribution in [3.63, 3.8) is 0 Å². The number of benzene rings is 1. The maximum atomic E-state index is 4.42. The summed E-state index contributed by atoms with van der Waals surface area (Å²) in [7, 11) is 0. The van der Waals surface area contributed by atoms with E-state index in [2.05, 4.69) is 57.5 Å². The highest BCUT2D eigenvalue weighted by Crippen LogP contribution is 2.49. The lowest BCUT2D eigenvalue weighted by molar-refractivity contribution is 0.401. The Bertz CT molecular complexity index is 644. The lowest BCUT2D eigenvalue weighted by Crippen LogP contribution is -2.29. The van der Waals surface area contributed by atoms with E-state index in [0.29, 0.717) is 17.8 Å². The molecule has 0 N–H and O–H groups in total. The van der Waals surface area contributed by atoms with E-state index in [1.807, 2.05) is 0 Å². The first-order chi connectivity index (χ1) is 10.0. The molecule has 0 saturated heterocycles. The molecule has 3 atom stereocenters. The van der Waals surface area contributed by atoms with E-state index in [1.54, 1.807) is 0 Å². The van der Waals surface area contributed by atoms with E-state index in [4.69, 9.17) is 0 Å². The number of allylic oxidation sites excluding steroid dienone is 4. The van der Waals surface area contributed by atoms with Crippen molar-refractivity contribution in [3.8, 4) is 0 Å². The van der Waals surface area contributed by atoms with Crippen LogP contribution < -0.4 is 0 Å². The zero-order chi connectivity index (χ0) is 15.1. The van der Waals surface area contributed by atoms with Crippen molar-refractivity contribution in [2.24, 2.45) is 17.8 Å². The van der Waals surface area contributed by atoms with Gasteiger partial charge in [-0.15, -0.1) is 0 Å². The predicted octanol–water partition coefficient (Wildman–Crippen LogP) is 5.59. The molecule has 0 aliphatic heterocycles. The fourth-order valence-electron chi connectivity index (χ4n) is 3.99. The van der Waals surface area contributed by atoms with Gasteiger partial charge in [0.25, 0.3) is 0 Å². The van der Waals surface area contributed by atoms with Gasteiger partial charge in [-0.2, -0.15) is 0 Å². The summed E-state index contributed by atoms with van der Waals surface area (Å²) in [5.41, 5.74) is 7.85. The number of fused-ring (bicyclic) bond motifs is 1. The van der Waals surface area contributed by atoms with Gasteiger partial charge in [0.15, 0.2) is 0 Å². The van der Waals surface area contributed by atoms with Crippen LogP contribution >= 0.6 is 0 Å². The molecule has 21 heavy (non-hydrogen) atoms. The molecular formula is C21H24. The van der Waals surface area contributed by atoms with Crippen LogP contribution in [0.15, 0.2) is 67.3 Å². The topological polar surface area (TPSA) is 0 Å². The quantitative estimate of drug-likeness (QED) is 0.587. The fraction of sp³-hybridized carbons (Fsp3) is 0.333. The van der Waals surface area contributed by atoms with Crippen molar-refractivity contribution in [1.29, 1.82) is 0 Å². The highest BCUT2D eigenvalue weighted by molar-refractivity contribution is 5.74.